The van der Waals surface area contributed by atoms with Gasteiger partial charge in [0.1, 0.15) is 0 Å². The average Bonchev–Trinajstić information content (AvgIpc) is 2.65. The highest BCUT2D eigenvalue weighted by Gasteiger charge is 2.26. The quantitative estimate of drug-likeness (QED) is 0.759. The largest absolute Gasteiger partial charge is 0.381 e. The van der Waals surface area contributed by atoms with Crippen LogP contribution in [0.25, 0.3) is 0 Å². The summed E-state index contributed by atoms with van der Waals surface area (Å²) in [5, 5.41) is 3.74. The Hall–Kier alpha value is -0.940. The summed E-state index contributed by atoms with van der Waals surface area (Å²) in [6.07, 6.45) is 1.95. The van der Waals surface area contributed by atoms with Gasteiger partial charge in [-0.3, -0.25) is 0 Å². The maximum absolute atomic E-state index is 6.03. The van der Waals surface area contributed by atoms with Crippen molar-refractivity contribution in [2.24, 2.45) is 11.7 Å². The first kappa shape index (κ1) is 9.61. The van der Waals surface area contributed by atoms with Crippen LogP contribution in [0.1, 0.15) is 30.6 Å². The van der Waals surface area contributed by atoms with Crippen LogP contribution < -0.4 is 5.73 Å². The molecule has 5 heteroatoms. The molecule has 1 aromatic heterocycles. The lowest BCUT2D eigenvalue weighted by atomic mass is 9.92. The summed E-state index contributed by atoms with van der Waals surface area (Å²) >= 11 is 0. The highest BCUT2D eigenvalue weighted by molar-refractivity contribution is 4.93. The fourth-order valence-electron chi connectivity index (χ4n) is 1.73. The van der Waals surface area contributed by atoms with Gasteiger partial charge < -0.3 is 15.0 Å². The van der Waals surface area contributed by atoms with Crippen molar-refractivity contribution in [3.63, 3.8) is 0 Å². The van der Waals surface area contributed by atoms with E-state index in [-0.39, 0.29) is 6.04 Å². The van der Waals surface area contributed by atoms with Gasteiger partial charge in [0.05, 0.1) is 6.04 Å². The number of aromatic nitrogens is 2. The van der Waals surface area contributed by atoms with E-state index in [9.17, 15) is 0 Å². The Labute approximate surface area is 82.6 Å². The fraction of sp³-hybridized carbons (Fsp3) is 0.778. The van der Waals surface area contributed by atoms with Gasteiger partial charge in [0.25, 0.3) is 0 Å². The summed E-state index contributed by atoms with van der Waals surface area (Å²) in [5.41, 5.74) is 6.03. The van der Waals surface area contributed by atoms with Gasteiger partial charge in [-0.25, -0.2) is 0 Å². The van der Waals surface area contributed by atoms with Crippen molar-refractivity contribution in [3.05, 3.63) is 11.7 Å². The summed E-state index contributed by atoms with van der Waals surface area (Å²) in [7, 11) is 0. The van der Waals surface area contributed by atoms with Crippen LogP contribution in [0.5, 0.6) is 0 Å². The van der Waals surface area contributed by atoms with Crippen LogP contribution in [-0.2, 0) is 4.74 Å². The van der Waals surface area contributed by atoms with E-state index < -0.39 is 0 Å². The normalized spacial score (nSPS) is 21.0. The summed E-state index contributed by atoms with van der Waals surface area (Å²) in [5.74, 6) is 1.60. The van der Waals surface area contributed by atoms with Crippen molar-refractivity contribution in [2.45, 2.75) is 25.8 Å². The Balaban J connectivity index is 2.03. The second-order valence-corrected chi connectivity index (χ2v) is 3.66. The first-order valence-corrected chi connectivity index (χ1v) is 4.91. The van der Waals surface area contributed by atoms with Crippen LogP contribution in [0.4, 0.5) is 0 Å². The van der Waals surface area contributed by atoms with E-state index in [1.165, 1.54) is 0 Å². The molecule has 5 nitrogen and oxygen atoms in total. The van der Waals surface area contributed by atoms with Crippen molar-refractivity contribution >= 4 is 0 Å². The molecule has 1 aliphatic rings. The summed E-state index contributed by atoms with van der Waals surface area (Å²) < 4.78 is 10.3. The van der Waals surface area contributed by atoms with Crippen molar-refractivity contribution < 1.29 is 9.26 Å². The monoisotopic (exact) mass is 197 g/mol. The zero-order valence-corrected chi connectivity index (χ0v) is 8.27. The molecule has 14 heavy (non-hydrogen) atoms. The lowest BCUT2D eigenvalue weighted by Gasteiger charge is -2.25. The van der Waals surface area contributed by atoms with Crippen molar-refractivity contribution in [2.75, 3.05) is 13.2 Å². The maximum Gasteiger partial charge on any atom is 0.243 e. The van der Waals surface area contributed by atoms with Crippen molar-refractivity contribution in [3.8, 4) is 0 Å². The molecular formula is C9H15N3O2. The second kappa shape index (κ2) is 4.06. The van der Waals surface area contributed by atoms with E-state index in [2.05, 4.69) is 10.1 Å². The van der Waals surface area contributed by atoms with E-state index >= 15 is 0 Å². The molecular weight excluding hydrogens is 182 g/mol. The Bertz CT molecular complexity index is 294. The molecule has 0 aliphatic carbocycles. The number of hydrogen-bond donors (Lipinski definition) is 1. The van der Waals surface area contributed by atoms with Gasteiger partial charge in [-0.1, -0.05) is 5.16 Å². The number of ether oxygens (including phenoxy) is 1. The topological polar surface area (TPSA) is 74.2 Å². The van der Waals surface area contributed by atoms with Crippen LogP contribution in [0.3, 0.4) is 0 Å². The standard InChI is InChI=1S/C9H15N3O2/c1-6-11-9(14-12-6)8(10)7-2-4-13-5-3-7/h7-8H,2-5,10H2,1H3/t8-/m0/s1. The fourth-order valence-corrected chi connectivity index (χ4v) is 1.73. The highest BCUT2D eigenvalue weighted by atomic mass is 16.5. The maximum atomic E-state index is 6.03. The number of hydrogen-bond acceptors (Lipinski definition) is 5. The Morgan fingerprint density at radius 1 is 1.43 bits per heavy atom. The van der Waals surface area contributed by atoms with E-state index in [0.717, 1.165) is 26.1 Å². The van der Waals surface area contributed by atoms with Gasteiger partial charge in [0.2, 0.25) is 5.89 Å². The third-order valence-corrected chi connectivity index (χ3v) is 2.60. The first-order chi connectivity index (χ1) is 6.77. The molecule has 0 aromatic carbocycles. The third kappa shape index (κ3) is 1.93. The zero-order valence-electron chi connectivity index (χ0n) is 8.27. The lowest BCUT2D eigenvalue weighted by molar-refractivity contribution is 0.0546. The first-order valence-electron chi connectivity index (χ1n) is 4.91. The minimum absolute atomic E-state index is 0.139. The van der Waals surface area contributed by atoms with E-state index in [1.807, 2.05) is 0 Å². The molecule has 0 bridgehead atoms. The highest BCUT2D eigenvalue weighted by Crippen LogP contribution is 2.26. The van der Waals surface area contributed by atoms with E-state index in [4.69, 9.17) is 15.0 Å². The molecule has 1 atom stereocenters. The van der Waals surface area contributed by atoms with Crippen LogP contribution in [-0.4, -0.2) is 23.4 Å². The zero-order chi connectivity index (χ0) is 9.97. The average molecular weight is 197 g/mol. The van der Waals surface area contributed by atoms with Crippen LogP contribution in [0, 0.1) is 12.8 Å². The molecule has 1 aliphatic heterocycles. The smallest absolute Gasteiger partial charge is 0.243 e. The van der Waals surface area contributed by atoms with Gasteiger partial charge in [-0.05, 0) is 25.7 Å². The predicted octanol–water partition coefficient (Wildman–Crippen LogP) is 0.804. The molecule has 2 N–H and O–H groups in total. The van der Waals surface area contributed by atoms with E-state index in [1.54, 1.807) is 6.92 Å². The molecule has 2 heterocycles. The molecule has 1 aromatic rings. The molecule has 78 valence electrons. The van der Waals surface area contributed by atoms with Gasteiger partial charge in [0.15, 0.2) is 5.82 Å². The van der Waals surface area contributed by atoms with Gasteiger partial charge in [-0.2, -0.15) is 4.98 Å². The van der Waals surface area contributed by atoms with Crippen LogP contribution in [0.15, 0.2) is 4.52 Å². The predicted molar refractivity (Wildman–Crippen MR) is 49.5 cm³/mol. The van der Waals surface area contributed by atoms with Gasteiger partial charge in [-0.15, -0.1) is 0 Å². The summed E-state index contributed by atoms with van der Waals surface area (Å²) in [4.78, 5) is 4.14. The lowest BCUT2D eigenvalue weighted by Crippen LogP contribution is -2.27. The molecule has 0 saturated carbocycles. The van der Waals surface area contributed by atoms with Crippen LogP contribution >= 0.6 is 0 Å². The second-order valence-electron chi connectivity index (χ2n) is 3.66. The summed E-state index contributed by atoms with van der Waals surface area (Å²) in [6.45, 7) is 3.36. The van der Waals surface area contributed by atoms with E-state index in [0.29, 0.717) is 17.6 Å². The molecule has 0 spiro atoms. The molecule has 0 unspecified atom stereocenters. The molecule has 2 rings (SSSR count). The number of rotatable bonds is 2. The minimum Gasteiger partial charge on any atom is -0.381 e. The number of aryl methyl sites for hydroxylation is 1. The van der Waals surface area contributed by atoms with Crippen molar-refractivity contribution in [1.29, 1.82) is 0 Å². The molecule has 0 amide bonds. The van der Waals surface area contributed by atoms with Gasteiger partial charge >= 0.3 is 0 Å². The van der Waals surface area contributed by atoms with Crippen LogP contribution in [0.2, 0.25) is 0 Å². The molecule has 1 saturated heterocycles. The van der Waals surface area contributed by atoms with Gasteiger partial charge in [0, 0.05) is 13.2 Å². The summed E-state index contributed by atoms with van der Waals surface area (Å²) in [6, 6.07) is -0.139. The number of nitrogens with zero attached hydrogens (tertiary/aromatic N) is 2. The molecule has 0 radical (unpaired) electrons. The Morgan fingerprint density at radius 3 is 2.71 bits per heavy atom. The third-order valence-electron chi connectivity index (χ3n) is 2.60. The Kier molecular flexibility index (Phi) is 2.79. The SMILES string of the molecule is Cc1noc([C@@H](N)C2CCOCC2)n1. The molecule has 1 fully saturated rings. The Morgan fingerprint density at radius 2 is 2.14 bits per heavy atom. The van der Waals surface area contributed by atoms with Crippen molar-refractivity contribution in [1.82, 2.24) is 10.1 Å². The minimum atomic E-state index is -0.139. The number of nitrogens with two attached hydrogens (primary N) is 1.